The molecule has 2 saturated heterocycles. The van der Waals surface area contributed by atoms with E-state index < -0.39 is 11.8 Å². The molecule has 1 saturated carbocycles. The quantitative estimate of drug-likeness (QED) is 0.608. The van der Waals surface area contributed by atoms with Gasteiger partial charge in [0.2, 0.25) is 0 Å². The van der Waals surface area contributed by atoms with Crippen LogP contribution in [-0.4, -0.2) is 41.8 Å². The predicted octanol–water partition coefficient (Wildman–Crippen LogP) is 5.41. The van der Waals surface area contributed by atoms with Crippen molar-refractivity contribution in [2.24, 2.45) is 23.7 Å². The summed E-state index contributed by atoms with van der Waals surface area (Å²) in [5.41, 5.74) is 0. The van der Waals surface area contributed by atoms with Crippen LogP contribution in [0.1, 0.15) is 91.9 Å². The molecule has 0 bridgehead atoms. The van der Waals surface area contributed by atoms with Crippen LogP contribution in [0.3, 0.4) is 0 Å². The summed E-state index contributed by atoms with van der Waals surface area (Å²) in [6.07, 6.45) is 10.3. The molecule has 5 nitrogen and oxygen atoms in total. The standard InChI is InChI=1S/C24H42O5/c1-16(2)22-9-8-17(3)15-24(22)27-11-10-21(29-24)14-20-7-5-6-19(28-20)12-18(4)13-23(25)26/h16-22H,5-15H2,1-4H3,(H,25,26)/t17-,18-,19+,20-,21+,22+,24?/m1/s1. The fourth-order valence-electron chi connectivity index (χ4n) is 5.92. The minimum Gasteiger partial charge on any atom is -0.481 e. The second-order valence-corrected chi connectivity index (χ2v) is 10.4. The summed E-state index contributed by atoms with van der Waals surface area (Å²) < 4.78 is 19.5. The van der Waals surface area contributed by atoms with Gasteiger partial charge in [0.25, 0.3) is 0 Å². The fraction of sp³-hybridized carbons (Fsp3) is 0.958. The normalized spacial score (nSPS) is 39.6. The molecule has 29 heavy (non-hydrogen) atoms. The Labute approximate surface area is 176 Å². The van der Waals surface area contributed by atoms with Gasteiger partial charge in [0.1, 0.15) is 0 Å². The first-order valence-corrected chi connectivity index (χ1v) is 12.0. The molecule has 3 aliphatic rings. The second-order valence-electron chi connectivity index (χ2n) is 10.4. The van der Waals surface area contributed by atoms with Gasteiger partial charge in [-0.3, -0.25) is 4.79 Å². The van der Waals surface area contributed by atoms with Gasteiger partial charge in [-0.1, -0.05) is 34.1 Å². The van der Waals surface area contributed by atoms with Crippen LogP contribution in [0.5, 0.6) is 0 Å². The molecule has 1 N–H and O–H groups in total. The molecular weight excluding hydrogens is 368 g/mol. The van der Waals surface area contributed by atoms with E-state index in [-0.39, 0.29) is 30.7 Å². The maximum absolute atomic E-state index is 11.0. The second kappa shape index (κ2) is 10.1. The summed E-state index contributed by atoms with van der Waals surface area (Å²) in [7, 11) is 0. The third-order valence-electron chi connectivity index (χ3n) is 7.28. The Morgan fingerprint density at radius 2 is 1.83 bits per heavy atom. The Balaban J connectivity index is 1.56. The first-order valence-electron chi connectivity index (χ1n) is 12.0. The van der Waals surface area contributed by atoms with E-state index in [0.717, 1.165) is 51.6 Å². The number of carbonyl (C=O) groups is 1. The van der Waals surface area contributed by atoms with Gasteiger partial charge in [-0.25, -0.2) is 0 Å². The molecule has 0 aromatic carbocycles. The summed E-state index contributed by atoms with van der Waals surface area (Å²) in [6, 6.07) is 0. The molecule has 3 rings (SSSR count). The van der Waals surface area contributed by atoms with E-state index in [9.17, 15) is 4.79 Å². The average Bonchev–Trinajstić information content (AvgIpc) is 2.61. The van der Waals surface area contributed by atoms with Crippen molar-refractivity contribution >= 4 is 5.97 Å². The first-order chi connectivity index (χ1) is 13.8. The van der Waals surface area contributed by atoms with E-state index in [1.807, 2.05) is 6.92 Å². The summed E-state index contributed by atoms with van der Waals surface area (Å²) in [5, 5.41) is 9.01. The van der Waals surface area contributed by atoms with Gasteiger partial charge in [0.15, 0.2) is 5.79 Å². The minimum atomic E-state index is -0.716. The predicted molar refractivity (Wildman–Crippen MR) is 113 cm³/mol. The van der Waals surface area contributed by atoms with Gasteiger partial charge in [-0.15, -0.1) is 0 Å². The minimum absolute atomic E-state index is 0.161. The molecule has 1 aliphatic carbocycles. The number of aliphatic carboxylic acids is 1. The van der Waals surface area contributed by atoms with Crippen LogP contribution >= 0.6 is 0 Å². The molecule has 2 heterocycles. The van der Waals surface area contributed by atoms with Crippen molar-refractivity contribution in [1.29, 1.82) is 0 Å². The lowest BCUT2D eigenvalue weighted by Gasteiger charge is -2.51. The maximum atomic E-state index is 11.0. The molecule has 2 aliphatic heterocycles. The highest BCUT2D eigenvalue weighted by Crippen LogP contribution is 2.47. The topological polar surface area (TPSA) is 65.0 Å². The van der Waals surface area contributed by atoms with E-state index >= 15 is 0 Å². The SMILES string of the molecule is CC(C)[C@@H]1CC[C@@H](C)CC12OCC[C@@H](C[C@H]1CCC[C@@H](C[C@@H](C)CC(=O)O)O1)O2. The highest BCUT2D eigenvalue weighted by atomic mass is 16.7. The largest absolute Gasteiger partial charge is 0.481 e. The smallest absolute Gasteiger partial charge is 0.303 e. The van der Waals surface area contributed by atoms with Gasteiger partial charge >= 0.3 is 5.97 Å². The number of ether oxygens (including phenoxy) is 3. The van der Waals surface area contributed by atoms with Crippen molar-refractivity contribution in [2.75, 3.05) is 6.61 Å². The molecular formula is C24H42O5. The van der Waals surface area contributed by atoms with Crippen molar-refractivity contribution in [3.8, 4) is 0 Å². The van der Waals surface area contributed by atoms with Crippen LogP contribution in [0, 0.1) is 23.7 Å². The Morgan fingerprint density at radius 3 is 2.55 bits per heavy atom. The number of carboxylic acid groups (broad SMARTS) is 1. The summed E-state index contributed by atoms with van der Waals surface area (Å²) >= 11 is 0. The van der Waals surface area contributed by atoms with Crippen LogP contribution in [-0.2, 0) is 19.0 Å². The van der Waals surface area contributed by atoms with Gasteiger partial charge < -0.3 is 19.3 Å². The van der Waals surface area contributed by atoms with Crippen molar-refractivity contribution in [3.05, 3.63) is 0 Å². The monoisotopic (exact) mass is 410 g/mol. The summed E-state index contributed by atoms with van der Waals surface area (Å²) in [4.78, 5) is 11.0. The Bertz CT molecular complexity index is 535. The van der Waals surface area contributed by atoms with Crippen LogP contribution in [0.4, 0.5) is 0 Å². The van der Waals surface area contributed by atoms with Crippen molar-refractivity contribution < 1.29 is 24.1 Å². The Kier molecular flexibility index (Phi) is 8.02. The summed E-state index contributed by atoms with van der Waals surface area (Å²) in [6.45, 7) is 9.72. The third-order valence-corrected chi connectivity index (χ3v) is 7.28. The average molecular weight is 411 g/mol. The molecule has 3 fully saturated rings. The zero-order chi connectivity index (χ0) is 21.0. The van der Waals surface area contributed by atoms with Crippen LogP contribution in [0.2, 0.25) is 0 Å². The van der Waals surface area contributed by atoms with Crippen molar-refractivity contribution in [3.63, 3.8) is 0 Å². The highest BCUT2D eigenvalue weighted by molar-refractivity contribution is 5.66. The zero-order valence-electron chi connectivity index (χ0n) is 18.9. The Hall–Kier alpha value is -0.650. The number of carboxylic acids is 1. The summed E-state index contributed by atoms with van der Waals surface area (Å²) in [5.74, 6) is 0.723. The van der Waals surface area contributed by atoms with Crippen molar-refractivity contribution in [1.82, 2.24) is 0 Å². The lowest BCUT2D eigenvalue weighted by molar-refractivity contribution is -0.342. The molecule has 168 valence electrons. The van der Waals surface area contributed by atoms with E-state index in [1.54, 1.807) is 0 Å². The van der Waals surface area contributed by atoms with Gasteiger partial charge in [-0.05, 0) is 62.7 Å². The molecule has 7 atom stereocenters. The Morgan fingerprint density at radius 1 is 1.07 bits per heavy atom. The number of hydrogen-bond acceptors (Lipinski definition) is 4. The van der Waals surface area contributed by atoms with Gasteiger partial charge in [-0.2, -0.15) is 0 Å². The molecule has 1 unspecified atom stereocenters. The van der Waals surface area contributed by atoms with Crippen molar-refractivity contribution in [2.45, 2.75) is 116 Å². The van der Waals surface area contributed by atoms with E-state index in [0.29, 0.717) is 17.8 Å². The fourth-order valence-corrected chi connectivity index (χ4v) is 5.92. The van der Waals surface area contributed by atoms with Gasteiger partial charge in [0.05, 0.1) is 24.9 Å². The molecule has 5 heteroatoms. The number of rotatable bonds is 7. The van der Waals surface area contributed by atoms with E-state index in [1.165, 1.54) is 12.8 Å². The van der Waals surface area contributed by atoms with Crippen LogP contribution in [0.15, 0.2) is 0 Å². The van der Waals surface area contributed by atoms with Crippen LogP contribution < -0.4 is 0 Å². The maximum Gasteiger partial charge on any atom is 0.303 e. The third kappa shape index (κ3) is 6.18. The molecule has 1 spiro atoms. The van der Waals surface area contributed by atoms with Crippen LogP contribution in [0.25, 0.3) is 0 Å². The number of hydrogen-bond donors (Lipinski definition) is 1. The van der Waals surface area contributed by atoms with E-state index in [2.05, 4.69) is 20.8 Å². The van der Waals surface area contributed by atoms with E-state index in [4.69, 9.17) is 19.3 Å². The molecule has 0 amide bonds. The van der Waals surface area contributed by atoms with Gasteiger partial charge in [0, 0.05) is 18.8 Å². The zero-order valence-corrected chi connectivity index (χ0v) is 18.9. The lowest BCUT2D eigenvalue weighted by Crippen LogP contribution is -2.55. The lowest BCUT2D eigenvalue weighted by atomic mass is 9.72. The molecule has 0 aromatic rings. The first kappa shape index (κ1) is 23.0. The highest BCUT2D eigenvalue weighted by Gasteiger charge is 2.49. The molecule has 0 aromatic heterocycles. The molecule has 0 radical (unpaired) electrons.